The maximum Gasteiger partial charge on any atom is 0.408 e. The van der Waals surface area contributed by atoms with Gasteiger partial charge in [-0.1, -0.05) is 40.5 Å². The van der Waals surface area contributed by atoms with Crippen LogP contribution in [0.1, 0.15) is 86.4 Å². The summed E-state index contributed by atoms with van der Waals surface area (Å²) < 4.78 is 22.8. The Hall–Kier alpha value is -2.81. The van der Waals surface area contributed by atoms with Crippen LogP contribution in [-0.2, 0) is 23.7 Å². The van der Waals surface area contributed by atoms with Gasteiger partial charge in [0.25, 0.3) is 0 Å². The highest BCUT2D eigenvalue weighted by molar-refractivity contribution is 5.72. The molecular formula is C33H76N6O8. The summed E-state index contributed by atoms with van der Waals surface area (Å²) in [6.45, 7) is 23.9. The number of rotatable bonds is 6. The first kappa shape index (κ1) is 59.6. The fourth-order valence-corrected chi connectivity index (χ4v) is 1.14. The molecule has 0 spiro atoms. The quantitative estimate of drug-likeness (QED) is 0.344. The molecule has 0 aromatic carbocycles. The molecule has 1 aromatic heterocycles. The number of amides is 2. The Morgan fingerprint density at radius 2 is 1.21 bits per heavy atom. The fourth-order valence-electron chi connectivity index (χ4n) is 1.14. The van der Waals surface area contributed by atoms with Crippen molar-refractivity contribution in [3.8, 4) is 0 Å². The predicted octanol–water partition coefficient (Wildman–Crippen LogP) is 5.86. The number of Topliss-reactive ketones (excluding diaryl/α,β-unsaturated/α-hetero) is 1. The largest absolute Gasteiger partial charge is 0.453 e. The van der Waals surface area contributed by atoms with Crippen LogP contribution in [0.2, 0.25) is 0 Å². The average Bonchev–Trinajstić information content (AvgIpc) is 3.75. The lowest BCUT2D eigenvalue weighted by molar-refractivity contribution is -0.115. The number of aryl methyl sites for hydroxylation is 2. The van der Waals surface area contributed by atoms with Gasteiger partial charge in [0.2, 0.25) is 11.8 Å². The van der Waals surface area contributed by atoms with Gasteiger partial charge in [0.15, 0.2) is 0 Å². The van der Waals surface area contributed by atoms with E-state index >= 15 is 0 Å². The van der Waals surface area contributed by atoms with Gasteiger partial charge in [-0.3, -0.25) is 0 Å². The van der Waals surface area contributed by atoms with E-state index in [2.05, 4.69) is 81.7 Å². The lowest BCUT2D eigenvalue weighted by Crippen LogP contribution is -2.20. The third-order valence-corrected chi connectivity index (χ3v) is 4.25. The zero-order valence-electron chi connectivity index (χ0n) is 33.8. The molecule has 0 bridgehead atoms. The van der Waals surface area contributed by atoms with Gasteiger partial charge >= 0.3 is 12.2 Å². The SMILES string of the molecule is CC(C)=O.CC1CC1.CCCOCC.CCN(C)C.CCNC.CCOC.CNC(=O)OC.COC(=O)N(C)C.Cc1nnc(C)o1. The van der Waals surface area contributed by atoms with E-state index in [0.717, 1.165) is 45.2 Å². The van der Waals surface area contributed by atoms with Gasteiger partial charge < -0.3 is 48.6 Å². The molecule has 14 nitrogen and oxygen atoms in total. The summed E-state index contributed by atoms with van der Waals surface area (Å²) in [6.07, 6.45) is 3.38. The highest BCUT2D eigenvalue weighted by Gasteiger charge is 2.12. The second-order valence-electron chi connectivity index (χ2n) is 9.91. The van der Waals surface area contributed by atoms with Crippen LogP contribution in [0.3, 0.4) is 0 Å². The zero-order chi connectivity index (χ0) is 38.6. The van der Waals surface area contributed by atoms with Crippen molar-refractivity contribution in [2.75, 3.05) is 96.5 Å². The molecule has 286 valence electrons. The normalized spacial score (nSPS) is 9.70. The molecule has 1 heterocycles. The lowest BCUT2D eigenvalue weighted by atomic mass is 10.5. The van der Waals surface area contributed by atoms with Crippen LogP contribution in [0, 0.1) is 19.8 Å². The van der Waals surface area contributed by atoms with Crippen LogP contribution in [0.25, 0.3) is 0 Å². The minimum absolute atomic E-state index is 0.167. The number of ether oxygens (including phenoxy) is 4. The van der Waals surface area contributed by atoms with Gasteiger partial charge in [-0.15, -0.1) is 10.2 Å². The monoisotopic (exact) mass is 685 g/mol. The number of carbonyl (C=O) groups is 3. The second-order valence-corrected chi connectivity index (χ2v) is 9.91. The Balaban J connectivity index is -0.0000000773. The summed E-state index contributed by atoms with van der Waals surface area (Å²) in [7, 11) is 15.2. The standard InChI is InChI=1S/C5H12O.C4H6N2O.C4H9NO2.C4H11N.C4H8.C3H7NO2.C3H9N.C3H8O.C3H6O/c1-3-5-6-4-2;1-3-5-6-4(2)7-3;1-5(2)4(6)7-3;1-4-5(2)3;1-4-2-3-4;1-4-3(5)6-2;2*1-3-4-2;1-3(2)4/h3-5H2,1-2H3;1-2H3;1-3H3;4H2,1-3H3;4H,2-3H2,1H3;1-2H3,(H,4,5);4H,3H2,1-2H3;3H2,1-2H3;1-2H3. The zero-order valence-corrected chi connectivity index (χ0v) is 33.8. The molecule has 0 atom stereocenters. The summed E-state index contributed by atoms with van der Waals surface area (Å²) in [5.74, 6) is 2.50. The fraction of sp³-hybridized carbons (Fsp3) is 0.848. The highest BCUT2D eigenvalue weighted by atomic mass is 16.5. The first-order valence-electron chi connectivity index (χ1n) is 16.0. The van der Waals surface area contributed by atoms with Crippen molar-refractivity contribution in [1.29, 1.82) is 0 Å². The Bertz CT molecular complexity index is 693. The van der Waals surface area contributed by atoms with Crippen molar-refractivity contribution in [2.24, 2.45) is 5.92 Å². The van der Waals surface area contributed by atoms with Crippen LogP contribution >= 0.6 is 0 Å². The Morgan fingerprint density at radius 1 is 0.851 bits per heavy atom. The van der Waals surface area contributed by atoms with Crippen molar-refractivity contribution < 1.29 is 37.7 Å². The molecule has 0 radical (unpaired) electrons. The molecular weight excluding hydrogens is 608 g/mol. The van der Waals surface area contributed by atoms with Crippen LogP contribution in [-0.4, -0.2) is 134 Å². The second kappa shape index (κ2) is 52.7. The number of ketones is 1. The number of hydrogen-bond acceptors (Lipinski definition) is 12. The number of aromatic nitrogens is 2. The lowest BCUT2D eigenvalue weighted by Gasteiger charge is -2.05. The van der Waals surface area contributed by atoms with Gasteiger partial charge in [0, 0.05) is 61.9 Å². The van der Waals surface area contributed by atoms with E-state index in [1.165, 1.54) is 52.9 Å². The van der Waals surface area contributed by atoms with Gasteiger partial charge in [0.05, 0.1) is 14.2 Å². The third kappa shape index (κ3) is 107. The van der Waals surface area contributed by atoms with E-state index < -0.39 is 6.09 Å². The van der Waals surface area contributed by atoms with Crippen molar-refractivity contribution in [3.05, 3.63) is 11.8 Å². The molecule has 2 N–H and O–H groups in total. The maximum absolute atomic E-state index is 10.2. The molecule has 14 heteroatoms. The minimum atomic E-state index is -0.407. The predicted molar refractivity (Wildman–Crippen MR) is 194 cm³/mol. The van der Waals surface area contributed by atoms with Crippen molar-refractivity contribution in [2.45, 2.75) is 88.5 Å². The molecule has 47 heavy (non-hydrogen) atoms. The van der Waals surface area contributed by atoms with E-state index in [4.69, 9.17) is 9.15 Å². The van der Waals surface area contributed by atoms with Crippen LogP contribution in [0.4, 0.5) is 9.59 Å². The molecule has 1 fully saturated rings. The van der Waals surface area contributed by atoms with Crippen molar-refractivity contribution >= 4 is 18.0 Å². The molecule has 1 saturated carbocycles. The van der Waals surface area contributed by atoms with Crippen LogP contribution in [0.15, 0.2) is 4.42 Å². The first-order chi connectivity index (χ1) is 21.9. The topological polar surface area (TPSA) is 158 Å². The number of carbonyl (C=O) groups excluding carboxylic acids is 3. The van der Waals surface area contributed by atoms with Gasteiger partial charge in [-0.2, -0.15) is 0 Å². The Morgan fingerprint density at radius 3 is 1.26 bits per heavy atom. The first-order valence-corrected chi connectivity index (χ1v) is 16.0. The van der Waals surface area contributed by atoms with Crippen LogP contribution < -0.4 is 10.6 Å². The van der Waals surface area contributed by atoms with E-state index in [9.17, 15) is 14.4 Å². The van der Waals surface area contributed by atoms with Crippen LogP contribution in [0.5, 0.6) is 0 Å². The molecule has 0 aliphatic heterocycles. The number of hydrogen-bond donors (Lipinski definition) is 2. The Kier molecular flexibility index (Phi) is 66.8. The summed E-state index contributed by atoms with van der Waals surface area (Å²) in [5.41, 5.74) is 0. The number of nitrogens with one attached hydrogen (secondary N) is 2. The van der Waals surface area contributed by atoms with Gasteiger partial charge in [-0.25, -0.2) is 9.59 Å². The van der Waals surface area contributed by atoms with E-state index in [1.54, 1.807) is 35.1 Å². The summed E-state index contributed by atoms with van der Waals surface area (Å²) in [5, 5.41) is 12.4. The molecule has 0 saturated heterocycles. The molecule has 1 aliphatic rings. The molecule has 2 rings (SSSR count). The summed E-state index contributed by atoms with van der Waals surface area (Å²) in [4.78, 5) is 33.0. The van der Waals surface area contributed by atoms with Crippen molar-refractivity contribution in [1.82, 2.24) is 30.6 Å². The number of methoxy groups -OCH3 is 3. The van der Waals surface area contributed by atoms with E-state index in [1.807, 2.05) is 20.9 Å². The molecule has 1 aliphatic carbocycles. The van der Waals surface area contributed by atoms with Crippen molar-refractivity contribution in [3.63, 3.8) is 0 Å². The molecule has 1 aromatic rings. The minimum Gasteiger partial charge on any atom is -0.453 e. The Labute approximate surface area is 289 Å². The highest BCUT2D eigenvalue weighted by Crippen LogP contribution is 2.26. The summed E-state index contributed by atoms with van der Waals surface area (Å²) >= 11 is 0. The third-order valence-electron chi connectivity index (χ3n) is 4.25. The number of alkyl carbamates (subject to hydrolysis) is 1. The molecule has 0 unspecified atom stereocenters. The maximum atomic E-state index is 10.2. The van der Waals surface area contributed by atoms with E-state index in [0.29, 0.717) is 11.8 Å². The van der Waals surface area contributed by atoms with Gasteiger partial charge in [0.1, 0.15) is 5.78 Å². The average molecular weight is 685 g/mol. The number of nitrogens with zero attached hydrogens (tertiary/aromatic N) is 4. The molecule has 2 amide bonds. The summed E-state index contributed by atoms with van der Waals surface area (Å²) in [6, 6.07) is 0. The smallest absolute Gasteiger partial charge is 0.408 e. The van der Waals surface area contributed by atoms with E-state index in [-0.39, 0.29) is 11.9 Å². The van der Waals surface area contributed by atoms with Gasteiger partial charge in [-0.05, 0) is 74.3 Å².